The number of esters is 1. The van der Waals surface area contributed by atoms with E-state index < -0.39 is 5.97 Å². The minimum absolute atomic E-state index is 0.278. The molecule has 7 nitrogen and oxygen atoms in total. The summed E-state index contributed by atoms with van der Waals surface area (Å²) in [5.41, 5.74) is 7.07. The molecule has 0 aliphatic carbocycles. The first-order valence-electron chi connectivity index (χ1n) is 5.96. The molecule has 104 valence electrons. The smallest absolute Gasteiger partial charge is 0.340 e. The van der Waals surface area contributed by atoms with E-state index in [1.54, 1.807) is 18.3 Å². The third kappa shape index (κ3) is 3.19. The van der Waals surface area contributed by atoms with Crippen molar-refractivity contribution in [2.45, 2.75) is 13.5 Å². The summed E-state index contributed by atoms with van der Waals surface area (Å²) in [4.78, 5) is 23.9. The van der Waals surface area contributed by atoms with Crippen molar-refractivity contribution in [3.05, 3.63) is 41.6 Å². The van der Waals surface area contributed by atoms with Gasteiger partial charge in [0.1, 0.15) is 11.6 Å². The highest BCUT2D eigenvalue weighted by atomic mass is 16.5. The number of nitrogens with one attached hydrogen (secondary N) is 1. The molecule has 0 aromatic carbocycles. The number of nitrogens with zero attached hydrogens (tertiary/aromatic N) is 3. The van der Waals surface area contributed by atoms with E-state index in [1.807, 2.05) is 6.92 Å². The monoisotopic (exact) mass is 273 g/mol. The molecule has 0 fully saturated rings. The summed E-state index contributed by atoms with van der Waals surface area (Å²) in [5, 5.41) is 3.07. The summed E-state index contributed by atoms with van der Waals surface area (Å²) in [6.45, 7) is 2.29. The number of methoxy groups -OCH3 is 1. The lowest BCUT2D eigenvalue weighted by Gasteiger charge is -2.08. The van der Waals surface area contributed by atoms with Crippen LogP contribution >= 0.6 is 0 Å². The average molecular weight is 273 g/mol. The molecule has 0 spiro atoms. The van der Waals surface area contributed by atoms with Gasteiger partial charge in [-0.3, -0.25) is 0 Å². The number of pyridine rings is 1. The molecule has 0 aliphatic heterocycles. The highest BCUT2D eigenvalue weighted by Gasteiger charge is 2.11. The quantitative estimate of drug-likeness (QED) is 0.805. The van der Waals surface area contributed by atoms with Crippen molar-refractivity contribution in [1.29, 1.82) is 0 Å². The Balaban J connectivity index is 2.12. The van der Waals surface area contributed by atoms with E-state index in [9.17, 15) is 4.79 Å². The maximum absolute atomic E-state index is 11.5. The van der Waals surface area contributed by atoms with Crippen LogP contribution in [0.1, 0.15) is 21.9 Å². The Kier molecular flexibility index (Phi) is 4.09. The number of anilines is 2. The molecule has 0 atom stereocenters. The molecule has 7 heteroatoms. The SMILES string of the molecule is COC(=O)c1cc(NCc2ccnc(C)n2)ncc1N. The van der Waals surface area contributed by atoms with E-state index in [0.717, 1.165) is 5.69 Å². The average Bonchev–Trinajstić information content (AvgIpc) is 2.45. The van der Waals surface area contributed by atoms with Gasteiger partial charge in [0, 0.05) is 6.20 Å². The summed E-state index contributed by atoms with van der Waals surface area (Å²) in [5.74, 6) is 0.728. The van der Waals surface area contributed by atoms with Crippen LogP contribution in [0.5, 0.6) is 0 Å². The highest BCUT2D eigenvalue weighted by Crippen LogP contribution is 2.16. The zero-order valence-corrected chi connectivity index (χ0v) is 11.3. The van der Waals surface area contributed by atoms with Crippen LogP contribution in [-0.4, -0.2) is 28.0 Å². The van der Waals surface area contributed by atoms with E-state index in [-0.39, 0.29) is 11.3 Å². The summed E-state index contributed by atoms with van der Waals surface area (Å²) in [6, 6.07) is 3.35. The molecular formula is C13H15N5O2. The van der Waals surface area contributed by atoms with Crippen LogP contribution < -0.4 is 11.1 Å². The Morgan fingerprint density at radius 2 is 2.25 bits per heavy atom. The molecular weight excluding hydrogens is 258 g/mol. The largest absolute Gasteiger partial charge is 0.465 e. The number of aryl methyl sites for hydroxylation is 1. The van der Waals surface area contributed by atoms with Gasteiger partial charge in [-0.2, -0.15) is 0 Å². The zero-order chi connectivity index (χ0) is 14.5. The number of nitrogens with two attached hydrogens (primary N) is 1. The summed E-state index contributed by atoms with van der Waals surface area (Å²) in [6.07, 6.45) is 3.11. The van der Waals surface area contributed by atoms with Crippen molar-refractivity contribution in [3.8, 4) is 0 Å². The van der Waals surface area contributed by atoms with Gasteiger partial charge >= 0.3 is 5.97 Å². The standard InChI is InChI=1S/C13H15N5O2/c1-8-15-4-3-9(18-8)6-16-12-5-10(13(19)20-2)11(14)7-17-12/h3-5,7H,6,14H2,1-2H3,(H,16,17). The molecule has 0 saturated carbocycles. The fourth-order valence-electron chi connectivity index (χ4n) is 1.63. The van der Waals surface area contributed by atoms with E-state index >= 15 is 0 Å². The lowest BCUT2D eigenvalue weighted by atomic mass is 10.2. The molecule has 2 aromatic rings. The maximum atomic E-state index is 11.5. The number of carbonyl (C=O) groups excluding carboxylic acids is 1. The molecule has 2 heterocycles. The number of carbonyl (C=O) groups is 1. The van der Waals surface area contributed by atoms with Crippen LogP contribution in [-0.2, 0) is 11.3 Å². The number of rotatable bonds is 4. The first-order chi connectivity index (χ1) is 9.60. The van der Waals surface area contributed by atoms with Crippen molar-refractivity contribution >= 4 is 17.5 Å². The Morgan fingerprint density at radius 3 is 2.95 bits per heavy atom. The Hall–Kier alpha value is -2.70. The van der Waals surface area contributed by atoms with Crippen LogP contribution in [0, 0.1) is 6.92 Å². The minimum Gasteiger partial charge on any atom is -0.465 e. The predicted molar refractivity (Wildman–Crippen MR) is 74.1 cm³/mol. The van der Waals surface area contributed by atoms with Crippen molar-refractivity contribution in [2.24, 2.45) is 0 Å². The first-order valence-corrected chi connectivity index (χ1v) is 5.96. The second-order valence-electron chi connectivity index (χ2n) is 4.10. The van der Waals surface area contributed by atoms with Crippen molar-refractivity contribution < 1.29 is 9.53 Å². The highest BCUT2D eigenvalue weighted by molar-refractivity contribution is 5.95. The number of nitrogen functional groups attached to an aromatic ring is 1. The van der Waals surface area contributed by atoms with Gasteiger partial charge in [0.25, 0.3) is 0 Å². The van der Waals surface area contributed by atoms with Gasteiger partial charge in [0.2, 0.25) is 0 Å². The van der Waals surface area contributed by atoms with Crippen LogP contribution in [0.15, 0.2) is 24.5 Å². The molecule has 0 radical (unpaired) electrons. The molecule has 2 rings (SSSR count). The summed E-state index contributed by atoms with van der Waals surface area (Å²) >= 11 is 0. The summed E-state index contributed by atoms with van der Waals surface area (Å²) < 4.78 is 4.66. The van der Waals surface area contributed by atoms with E-state index in [0.29, 0.717) is 18.2 Å². The first kappa shape index (κ1) is 13.7. The second kappa shape index (κ2) is 5.96. The lowest BCUT2D eigenvalue weighted by Crippen LogP contribution is -2.09. The molecule has 0 saturated heterocycles. The Morgan fingerprint density at radius 1 is 1.45 bits per heavy atom. The predicted octanol–water partition coefficient (Wildman–Crippen LogP) is 1.16. The van der Waals surface area contributed by atoms with Crippen molar-refractivity contribution in [1.82, 2.24) is 15.0 Å². The second-order valence-corrected chi connectivity index (χ2v) is 4.10. The third-order valence-electron chi connectivity index (χ3n) is 2.62. The van der Waals surface area contributed by atoms with Gasteiger partial charge in [0.05, 0.1) is 36.8 Å². The number of aromatic nitrogens is 3. The Labute approximate surface area is 116 Å². The fraction of sp³-hybridized carbons (Fsp3) is 0.231. The van der Waals surface area contributed by atoms with E-state index in [4.69, 9.17) is 5.73 Å². The zero-order valence-electron chi connectivity index (χ0n) is 11.3. The fourth-order valence-corrected chi connectivity index (χ4v) is 1.63. The van der Waals surface area contributed by atoms with Crippen molar-refractivity contribution in [3.63, 3.8) is 0 Å². The van der Waals surface area contributed by atoms with Gasteiger partial charge in [-0.05, 0) is 19.1 Å². The van der Waals surface area contributed by atoms with Gasteiger partial charge in [-0.25, -0.2) is 19.7 Å². The van der Waals surface area contributed by atoms with Crippen LogP contribution in [0.3, 0.4) is 0 Å². The lowest BCUT2D eigenvalue weighted by molar-refractivity contribution is 0.0602. The van der Waals surface area contributed by atoms with E-state index in [2.05, 4.69) is 25.0 Å². The summed E-state index contributed by atoms with van der Waals surface area (Å²) in [7, 11) is 1.30. The molecule has 0 aliphatic rings. The van der Waals surface area contributed by atoms with Gasteiger partial charge in [-0.15, -0.1) is 0 Å². The van der Waals surface area contributed by atoms with Crippen LogP contribution in [0.4, 0.5) is 11.5 Å². The molecule has 2 aromatic heterocycles. The number of hydrogen-bond donors (Lipinski definition) is 2. The molecule has 0 bridgehead atoms. The minimum atomic E-state index is -0.495. The maximum Gasteiger partial charge on any atom is 0.340 e. The Bertz CT molecular complexity index is 630. The van der Waals surface area contributed by atoms with Crippen molar-refractivity contribution in [2.75, 3.05) is 18.2 Å². The van der Waals surface area contributed by atoms with Gasteiger partial charge in [-0.1, -0.05) is 0 Å². The van der Waals surface area contributed by atoms with Gasteiger partial charge < -0.3 is 15.8 Å². The number of hydrogen-bond acceptors (Lipinski definition) is 7. The molecule has 0 unspecified atom stereocenters. The number of ether oxygens (including phenoxy) is 1. The molecule has 20 heavy (non-hydrogen) atoms. The van der Waals surface area contributed by atoms with Gasteiger partial charge in [0.15, 0.2) is 0 Å². The normalized spacial score (nSPS) is 10.1. The topological polar surface area (TPSA) is 103 Å². The van der Waals surface area contributed by atoms with Crippen LogP contribution in [0.25, 0.3) is 0 Å². The van der Waals surface area contributed by atoms with Crippen LogP contribution in [0.2, 0.25) is 0 Å². The molecule has 0 amide bonds. The molecule has 3 N–H and O–H groups in total. The van der Waals surface area contributed by atoms with E-state index in [1.165, 1.54) is 13.3 Å². The third-order valence-corrected chi connectivity index (χ3v) is 2.62.